The van der Waals surface area contributed by atoms with E-state index in [1.165, 1.54) is 36.1 Å². The molecule has 162 valence electrons. The summed E-state index contributed by atoms with van der Waals surface area (Å²) in [4.78, 5) is 16.0. The smallest absolute Gasteiger partial charge is 0.223 e. The average molecular weight is 434 g/mol. The molecule has 1 amide bonds. The number of hydrogen-bond donors (Lipinski definition) is 1. The molecule has 0 saturated carbocycles. The molecule has 2 aromatic carbocycles. The monoisotopic (exact) mass is 433 g/mol. The van der Waals surface area contributed by atoms with Gasteiger partial charge < -0.3 is 15.1 Å². The molecule has 1 aliphatic rings. The van der Waals surface area contributed by atoms with Crippen LogP contribution in [0.5, 0.6) is 0 Å². The molecule has 0 unspecified atom stereocenters. The van der Waals surface area contributed by atoms with Gasteiger partial charge in [0.15, 0.2) is 0 Å². The topological polar surface area (TPSA) is 69.7 Å². The third-order valence-electron chi connectivity index (χ3n) is 5.16. The van der Waals surface area contributed by atoms with Gasteiger partial charge in [0, 0.05) is 38.8 Å². The molecule has 0 bridgehead atoms. The molecule has 1 N–H and O–H groups in total. The van der Waals surface area contributed by atoms with Gasteiger partial charge in [-0.1, -0.05) is 13.0 Å². The van der Waals surface area contributed by atoms with Gasteiger partial charge in [0.05, 0.1) is 15.5 Å². The van der Waals surface area contributed by atoms with Crippen molar-refractivity contribution in [1.29, 1.82) is 0 Å². The Hall–Kier alpha value is -2.45. The van der Waals surface area contributed by atoms with Crippen LogP contribution in [-0.2, 0) is 14.6 Å². The summed E-state index contributed by atoms with van der Waals surface area (Å²) in [5, 5.41) is 3.35. The Labute approximate surface area is 177 Å². The minimum atomic E-state index is -4.01. The SMILES string of the molecule is CCCN(C(C)=O)c1cc(N2CCCNCC2)ccc1S(=O)(=O)c1cccc(F)c1. The zero-order valence-corrected chi connectivity index (χ0v) is 18.2. The fourth-order valence-corrected chi connectivity index (χ4v) is 5.15. The molecule has 6 nitrogen and oxygen atoms in total. The normalized spacial score (nSPS) is 15.0. The zero-order chi connectivity index (χ0) is 21.7. The second-order valence-corrected chi connectivity index (χ2v) is 9.29. The molecule has 0 spiro atoms. The quantitative estimate of drug-likeness (QED) is 0.758. The van der Waals surface area contributed by atoms with Gasteiger partial charge in [-0.2, -0.15) is 0 Å². The maximum absolute atomic E-state index is 13.7. The van der Waals surface area contributed by atoms with Gasteiger partial charge >= 0.3 is 0 Å². The third kappa shape index (κ3) is 4.82. The molecule has 0 aliphatic carbocycles. The predicted molar refractivity (Wildman–Crippen MR) is 116 cm³/mol. The van der Waals surface area contributed by atoms with Crippen LogP contribution in [0.15, 0.2) is 52.3 Å². The first-order valence-corrected chi connectivity index (χ1v) is 11.7. The molecule has 3 rings (SSSR count). The van der Waals surface area contributed by atoms with Crippen LogP contribution in [0.3, 0.4) is 0 Å². The Morgan fingerprint density at radius 3 is 2.67 bits per heavy atom. The van der Waals surface area contributed by atoms with Crippen molar-refractivity contribution in [1.82, 2.24) is 5.32 Å². The summed E-state index contributed by atoms with van der Waals surface area (Å²) in [6.45, 7) is 7.16. The van der Waals surface area contributed by atoms with Crippen LogP contribution in [0, 0.1) is 5.82 Å². The highest BCUT2D eigenvalue weighted by Gasteiger charge is 2.27. The second kappa shape index (κ2) is 9.57. The summed E-state index contributed by atoms with van der Waals surface area (Å²) in [6, 6.07) is 10.0. The highest BCUT2D eigenvalue weighted by molar-refractivity contribution is 7.91. The van der Waals surface area contributed by atoms with Gasteiger partial charge in [0.2, 0.25) is 15.7 Å². The van der Waals surface area contributed by atoms with Crippen LogP contribution in [0.2, 0.25) is 0 Å². The molecule has 0 radical (unpaired) electrons. The summed E-state index contributed by atoms with van der Waals surface area (Å²) in [5.41, 5.74) is 1.21. The van der Waals surface area contributed by atoms with Gasteiger partial charge in [-0.15, -0.1) is 0 Å². The van der Waals surface area contributed by atoms with Crippen LogP contribution in [0.4, 0.5) is 15.8 Å². The number of amides is 1. The Balaban J connectivity index is 2.15. The summed E-state index contributed by atoms with van der Waals surface area (Å²) in [5.74, 6) is -0.856. The summed E-state index contributed by atoms with van der Waals surface area (Å²) >= 11 is 0. The lowest BCUT2D eigenvalue weighted by Crippen LogP contribution is -2.32. The maximum Gasteiger partial charge on any atom is 0.223 e. The summed E-state index contributed by atoms with van der Waals surface area (Å²) in [6.07, 6.45) is 1.65. The standard InChI is InChI=1S/C22H28FN3O3S/c1-3-12-26(17(2)27)21-16-19(25-13-5-10-24-11-14-25)8-9-22(21)30(28,29)20-7-4-6-18(23)15-20/h4,6-9,15-16,24H,3,5,10-14H2,1-2H3. The van der Waals surface area contributed by atoms with Crippen molar-refractivity contribution in [3.8, 4) is 0 Å². The van der Waals surface area contributed by atoms with Gasteiger partial charge in [0.25, 0.3) is 0 Å². The minimum Gasteiger partial charge on any atom is -0.370 e. The van der Waals surface area contributed by atoms with E-state index in [-0.39, 0.29) is 15.7 Å². The van der Waals surface area contributed by atoms with E-state index in [9.17, 15) is 17.6 Å². The Morgan fingerprint density at radius 2 is 1.97 bits per heavy atom. The van der Waals surface area contributed by atoms with Crippen molar-refractivity contribution in [2.75, 3.05) is 42.5 Å². The van der Waals surface area contributed by atoms with Crippen LogP contribution >= 0.6 is 0 Å². The number of carbonyl (C=O) groups is 1. The molecule has 0 aromatic heterocycles. The Morgan fingerprint density at radius 1 is 1.17 bits per heavy atom. The van der Waals surface area contributed by atoms with Crippen molar-refractivity contribution in [2.45, 2.75) is 36.5 Å². The molecule has 0 atom stereocenters. The van der Waals surface area contributed by atoms with E-state index in [1.54, 1.807) is 12.1 Å². The lowest BCUT2D eigenvalue weighted by Gasteiger charge is -2.28. The Bertz CT molecular complexity index is 1000. The van der Waals surface area contributed by atoms with Crippen molar-refractivity contribution >= 4 is 27.1 Å². The molecule has 1 heterocycles. The van der Waals surface area contributed by atoms with Crippen molar-refractivity contribution in [2.24, 2.45) is 0 Å². The minimum absolute atomic E-state index is 0.00782. The fraction of sp³-hybridized carbons (Fsp3) is 0.409. The van der Waals surface area contributed by atoms with E-state index in [0.29, 0.717) is 18.7 Å². The van der Waals surface area contributed by atoms with Crippen molar-refractivity contribution < 1.29 is 17.6 Å². The van der Waals surface area contributed by atoms with Crippen molar-refractivity contribution in [3.63, 3.8) is 0 Å². The molecule has 8 heteroatoms. The first-order valence-electron chi connectivity index (χ1n) is 10.2. The lowest BCUT2D eigenvalue weighted by molar-refractivity contribution is -0.116. The third-order valence-corrected chi connectivity index (χ3v) is 6.96. The fourth-order valence-electron chi connectivity index (χ4n) is 3.68. The first-order chi connectivity index (χ1) is 14.3. The van der Waals surface area contributed by atoms with E-state index in [1.807, 2.05) is 6.92 Å². The van der Waals surface area contributed by atoms with Crippen LogP contribution in [-0.4, -0.2) is 47.0 Å². The summed E-state index contributed by atoms with van der Waals surface area (Å²) in [7, 11) is -4.01. The predicted octanol–water partition coefficient (Wildman–Crippen LogP) is 3.22. The number of nitrogens with one attached hydrogen (secondary N) is 1. The first kappa shape index (κ1) is 22.2. The molecule has 1 saturated heterocycles. The number of rotatable bonds is 6. The van der Waals surface area contributed by atoms with E-state index in [4.69, 9.17) is 0 Å². The van der Waals surface area contributed by atoms with Crippen LogP contribution < -0.4 is 15.1 Å². The van der Waals surface area contributed by atoms with Gasteiger partial charge in [0.1, 0.15) is 5.82 Å². The van der Waals surface area contributed by atoms with Gasteiger partial charge in [-0.3, -0.25) is 4.79 Å². The van der Waals surface area contributed by atoms with Crippen LogP contribution in [0.25, 0.3) is 0 Å². The molecule has 1 fully saturated rings. The Kier molecular flexibility index (Phi) is 7.10. The number of nitrogens with zero attached hydrogens (tertiary/aromatic N) is 2. The van der Waals surface area contributed by atoms with Crippen LogP contribution in [0.1, 0.15) is 26.7 Å². The molecule has 2 aromatic rings. The van der Waals surface area contributed by atoms with E-state index < -0.39 is 15.7 Å². The number of benzene rings is 2. The second-order valence-electron chi connectivity index (χ2n) is 7.37. The van der Waals surface area contributed by atoms with Gasteiger partial charge in [-0.05, 0) is 55.8 Å². The molecule has 1 aliphatic heterocycles. The highest BCUT2D eigenvalue weighted by Crippen LogP contribution is 2.34. The van der Waals surface area contributed by atoms with E-state index in [0.717, 1.165) is 44.4 Å². The van der Waals surface area contributed by atoms with Gasteiger partial charge in [-0.25, -0.2) is 12.8 Å². The van der Waals surface area contributed by atoms with Crippen molar-refractivity contribution in [3.05, 3.63) is 48.3 Å². The molecular weight excluding hydrogens is 405 g/mol. The number of sulfone groups is 1. The zero-order valence-electron chi connectivity index (χ0n) is 17.4. The number of hydrogen-bond acceptors (Lipinski definition) is 5. The number of carbonyl (C=O) groups excluding carboxylic acids is 1. The largest absolute Gasteiger partial charge is 0.370 e. The summed E-state index contributed by atoms with van der Waals surface area (Å²) < 4.78 is 40.4. The van der Waals surface area contributed by atoms with E-state index in [2.05, 4.69) is 10.2 Å². The number of anilines is 2. The molecular formula is C22H28FN3O3S. The highest BCUT2D eigenvalue weighted by atomic mass is 32.2. The number of halogens is 1. The maximum atomic E-state index is 13.7. The lowest BCUT2D eigenvalue weighted by atomic mass is 10.2. The molecule has 30 heavy (non-hydrogen) atoms. The van der Waals surface area contributed by atoms with E-state index >= 15 is 0 Å². The average Bonchev–Trinajstić information content (AvgIpc) is 3.01.